The monoisotopic (exact) mass is 378 g/mol. The quantitative estimate of drug-likeness (QED) is 0.551. The van der Waals surface area contributed by atoms with Crippen LogP contribution in [0.2, 0.25) is 0 Å². The third-order valence-corrected chi connectivity index (χ3v) is 3.95. The maximum absolute atomic E-state index is 12.1. The van der Waals surface area contributed by atoms with Crippen LogP contribution in [-0.2, 0) is 14.2 Å². The van der Waals surface area contributed by atoms with Crippen LogP contribution in [-0.4, -0.2) is 52.8 Å². The minimum Gasteiger partial charge on any atom is -0.423 e. The standard InChI is InChI=1S/C17H18N2O8/c1-24-9-11-13(21)14(27-17(23)25-10-5-3-2-4-6-10)15(26-11)19-8-7-12(20)18-16(19)22/h2-8,11,13-15,21H,9H2,1H3,(H,18,20,22)/t11-,13?,14+,15-/m1/s1. The number of ether oxygens (including phenoxy) is 4. The summed E-state index contributed by atoms with van der Waals surface area (Å²) >= 11 is 0. The Morgan fingerprint density at radius 1 is 1.26 bits per heavy atom. The van der Waals surface area contributed by atoms with Crippen molar-refractivity contribution < 1.29 is 28.8 Å². The van der Waals surface area contributed by atoms with E-state index in [0.29, 0.717) is 0 Å². The van der Waals surface area contributed by atoms with Crippen molar-refractivity contribution in [2.45, 2.75) is 24.5 Å². The van der Waals surface area contributed by atoms with Crippen molar-refractivity contribution in [2.75, 3.05) is 13.7 Å². The molecule has 1 aliphatic rings. The third kappa shape index (κ3) is 4.25. The van der Waals surface area contributed by atoms with Gasteiger partial charge in [0.05, 0.1) is 6.61 Å². The lowest BCUT2D eigenvalue weighted by Gasteiger charge is -2.21. The second-order valence-electron chi connectivity index (χ2n) is 5.78. The lowest BCUT2D eigenvalue weighted by atomic mass is 10.1. The molecule has 1 unspecified atom stereocenters. The summed E-state index contributed by atoms with van der Waals surface area (Å²) in [6.07, 6.45) is -4.45. The molecule has 10 heteroatoms. The summed E-state index contributed by atoms with van der Waals surface area (Å²) < 4.78 is 21.9. The zero-order valence-corrected chi connectivity index (χ0v) is 14.3. The first-order valence-corrected chi connectivity index (χ1v) is 8.07. The molecule has 3 rings (SSSR count). The molecule has 1 aromatic carbocycles. The minimum absolute atomic E-state index is 0.00334. The van der Waals surface area contributed by atoms with Crippen molar-refractivity contribution in [1.82, 2.24) is 9.55 Å². The van der Waals surface area contributed by atoms with Gasteiger partial charge in [-0.05, 0) is 12.1 Å². The Morgan fingerprint density at radius 3 is 2.67 bits per heavy atom. The van der Waals surface area contributed by atoms with Crippen molar-refractivity contribution >= 4 is 6.16 Å². The van der Waals surface area contributed by atoms with Crippen molar-refractivity contribution in [3.63, 3.8) is 0 Å². The summed E-state index contributed by atoms with van der Waals surface area (Å²) in [6, 6.07) is 9.32. The molecule has 27 heavy (non-hydrogen) atoms. The van der Waals surface area contributed by atoms with E-state index in [-0.39, 0.29) is 12.4 Å². The van der Waals surface area contributed by atoms with Crippen molar-refractivity contribution in [3.05, 3.63) is 63.4 Å². The van der Waals surface area contributed by atoms with E-state index in [4.69, 9.17) is 18.9 Å². The number of rotatable bonds is 5. The van der Waals surface area contributed by atoms with Gasteiger partial charge in [0.15, 0.2) is 12.3 Å². The maximum Gasteiger partial charge on any atom is 0.514 e. The van der Waals surface area contributed by atoms with Crippen LogP contribution in [0.5, 0.6) is 5.75 Å². The number of methoxy groups -OCH3 is 1. The normalized spacial score (nSPS) is 24.5. The molecule has 1 aromatic heterocycles. The summed E-state index contributed by atoms with van der Waals surface area (Å²) in [7, 11) is 1.41. The lowest BCUT2D eigenvalue weighted by molar-refractivity contribution is -0.0657. The molecule has 1 fully saturated rings. The van der Waals surface area contributed by atoms with Gasteiger partial charge in [-0.15, -0.1) is 0 Å². The van der Waals surface area contributed by atoms with E-state index in [2.05, 4.69) is 4.98 Å². The summed E-state index contributed by atoms with van der Waals surface area (Å²) in [6.45, 7) is 0.00334. The number of benzene rings is 1. The molecule has 0 spiro atoms. The number of H-pyrrole nitrogens is 1. The fourth-order valence-corrected chi connectivity index (χ4v) is 2.72. The number of aromatic amines is 1. The van der Waals surface area contributed by atoms with Gasteiger partial charge in [-0.2, -0.15) is 0 Å². The molecule has 0 radical (unpaired) electrons. The molecule has 1 aliphatic heterocycles. The Kier molecular flexibility index (Phi) is 5.69. The van der Waals surface area contributed by atoms with Gasteiger partial charge in [-0.1, -0.05) is 18.2 Å². The number of nitrogens with one attached hydrogen (secondary N) is 1. The van der Waals surface area contributed by atoms with Gasteiger partial charge in [0.1, 0.15) is 18.0 Å². The van der Waals surface area contributed by atoms with Gasteiger partial charge < -0.3 is 24.1 Å². The molecule has 144 valence electrons. The lowest BCUT2D eigenvalue weighted by Crippen LogP contribution is -2.41. The van der Waals surface area contributed by atoms with E-state index in [0.717, 1.165) is 10.6 Å². The molecule has 0 aliphatic carbocycles. The molecule has 2 N–H and O–H groups in total. The SMILES string of the molecule is COC[C@H]1O[C@@H](n2ccc(=O)[nH]c2=O)[C@@H](OC(=O)Oc2ccccc2)C1O. The van der Waals surface area contributed by atoms with Crippen LogP contribution in [0, 0.1) is 0 Å². The van der Waals surface area contributed by atoms with Gasteiger partial charge >= 0.3 is 11.8 Å². The second kappa shape index (κ2) is 8.16. The van der Waals surface area contributed by atoms with Crippen LogP contribution < -0.4 is 16.0 Å². The summed E-state index contributed by atoms with van der Waals surface area (Å²) in [5, 5.41) is 10.4. The number of aliphatic hydroxyl groups excluding tert-OH is 1. The summed E-state index contributed by atoms with van der Waals surface area (Å²) in [5.41, 5.74) is -1.37. The van der Waals surface area contributed by atoms with Crippen LogP contribution in [0.3, 0.4) is 0 Å². The highest BCUT2D eigenvalue weighted by atomic mass is 16.7. The molecule has 10 nitrogen and oxygen atoms in total. The predicted molar refractivity (Wildman–Crippen MR) is 90.5 cm³/mol. The molecule has 1 saturated heterocycles. The maximum atomic E-state index is 12.1. The minimum atomic E-state index is -1.28. The Morgan fingerprint density at radius 2 is 2.00 bits per heavy atom. The first-order chi connectivity index (χ1) is 13.0. The average molecular weight is 378 g/mol. The number of hydrogen-bond acceptors (Lipinski definition) is 8. The largest absolute Gasteiger partial charge is 0.514 e. The molecule has 0 bridgehead atoms. The zero-order chi connectivity index (χ0) is 19.4. The fourth-order valence-electron chi connectivity index (χ4n) is 2.72. The topological polar surface area (TPSA) is 129 Å². The highest BCUT2D eigenvalue weighted by Crippen LogP contribution is 2.31. The number of nitrogens with zero attached hydrogens (tertiary/aromatic N) is 1. The van der Waals surface area contributed by atoms with Crippen LogP contribution in [0.4, 0.5) is 4.79 Å². The van der Waals surface area contributed by atoms with Crippen molar-refractivity contribution in [1.29, 1.82) is 0 Å². The van der Waals surface area contributed by atoms with E-state index in [1.165, 1.54) is 13.3 Å². The number of aromatic nitrogens is 2. The molecule has 4 atom stereocenters. The van der Waals surface area contributed by atoms with Gasteiger partial charge in [-0.3, -0.25) is 14.3 Å². The van der Waals surface area contributed by atoms with E-state index in [1.807, 2.05) is 0 Å². The van der Waals surface area contributed by atoms with Gasteiger partial charge in [-0.25, -0.2) is 9.59 Å². The van der Waals surface area contributed by atoms with E-state index >= 15 is 0 Å². The van der Waals surface area contributed by atoms with Crippen LogP contribution in [0.25, 0.3) is 0 Å². The molecule has 2 heterocycles. The van der Waals surface area contributed by atoms with Gasteiger partial charge in [0.2, 0.25) is 0 Å². The smallest absolute Gasteiger partial charge is 0.423 e. The Labute approximate surface area is 152 Å². The van der Waals surface area contributed by atoms with Gasteiger partial charge in [0.25, 0.3) is 5.56 Å². The highest BCUT2D eigenvalue weighted by Gasteiger charge is 2.48. The van der Waals surface area contributed by atoms with Gasteiger partial charge in [0, 0.05) is 19.4 Å². The third-order valence-electron chi connectivity index (χ3n) is 3.95. The number of carbonyl (C=O) groups is 1. The van der Waals surface area contributed by atoms with E-state index in [1.54, 1.807) is 30.3 Å². The zero-order valence-electron chi connectivity index (χ0n) is 14.3. The summed E-state index contributed by atoms with van der Waals surface area (Å²) in [5.74, 6) is 0.252. The van der Waals surface area contributed by atoms with Crippen molar-refractivity contribution in [2.24, 2.45) is 0 Å². The average Bonchev–Trinajstić information content (AvgIpc) is 2.92. The van der Waals surface area contributed by atoms with Crippen molar-refractivity contribution in [3.8, 4) is 5.75 Å². The highest BCUT2D eigenvalue weighted by molar-refractivity contribution is 5.64. The van der Waals surface area contributed by atoms with Crippen LogP contribution in [0.15, 0.2) is 52.2 Å². The number of hydrogen-bond donors (Lipinski definition) is 2. The number of aliphatic hydroxyl groups is 1. The Bertz CT molecular complexity index is 894. The van der Waals surface area contributed by atoms with Crippen LogP contribution in [0.1, 0.15) is 6.23 Å². The predicted octanol–water partition coefficient (Wildman–Crippen LogP) is 0.0255. The Balaban J connectivity index is 1.83. The second-order valence-corrected chi connectivity index (χ2v) is 5.78. The summed E-state index contributed by atoms with van der Waals surface area (Å²) in [4.78, 5) is 37.5. The molecular weight excluding hydrogens is 360 g/mol. The fraction of sp³-hybridized carbons (Fsp3) is 0.353. The van der Waals surface area contributed by atoms with Crippen LogP contribution >= 0.6 is 0 Å². The van der Waals surface area contributed by atoms with E-state index in [9.17, 15) is 19.5 Å². The number of carbonyl (C=O) groups excluding carboxylic acids is 1. The van der Waals surface area contributed by atoms with E-state index < -0.39 is 41.9 Å². The molecule has 0 saturated carbocycles. The Hall–Kier alpha value is -2.95. The first-order valence-electron chi connectivity index (χ1n) is 8.07. The number of para-hydroxylation sites is 1. The molecule has 2 aromatic rings. The molecule has 0 amide bonds. The first kappa shape index (κ1) is 18.8. The molecular formula is C17H18N2O8.